The van der Waals surface area contributed by atoms with Crippen LogP contribution < -0.4 is 0 Å². The molecule has 1 aromatic rings. The number of furan rings is 1. The Bertz CT molecular complexity index is 376. The van der Waals surface area contributed by atoms with Crippen molar-refractivity contribution in [2.24, 2.45) is 0 Å². The fraction of sp³-hybridized carbons (Fsp3) is 0.455. The highest BCUT2D eigenvalue weighted by atomic mass is 16.5. The number of aryl methyl sites for hydroxylation is 1. The van der Waals surface area contributed by atoms with Gasteiger partial charge in [0.05, 0.1) is 12.2 Å². The molecule has 1 aromatic heterocycles. The molecular formula is C11H14O4. The molecule has 4 nitrogen and oxygen atoms in total. The van der Waals surface area contributed by atoms with Crippen molar-refractivity contribution in [2.45, 2.75) is 27.2 Å². The zero-order valence-electron chi connectivity index (χ0n) is 9.12. The predicted molar refractivity (Wildman–Crippen MR) is 53.8 cm³/mol. The van der Waals surface area contributed by atoms with Gasteiger partial charge in [0.25, 0.3) is 0 Å². The number of hydrogen-bond donors (Lipinski definition) is 0. The Morgan fingerprint density at radius 2 is 2.13 bits per heavy atom. The van der Waals surface area contributed by atoms with Crippen LogP contribution in [0.3, 0.4) is 0 Å². The summed E-state index contributed by atoms with van der Waals surface area (Å²) in [5.41, 5.74) is 0.522. The van der Waals surface area contributed by atoms with Gasteiger partial charge in [0, 0.05) is 0 Å². The first-order chi connectivity index (χ1) is 7.04. The summed E-state index contributed by atoms with van der Waals surface area (Å²) < 4.78 is 10.0. The highest BCUT2D eigenvalue weighted by Crippen LogP contribution is 2.15. The Kier molecular flexibility index (Phi) is 3.66. The summed E-state index contributed by atoms with van der Waals surface area (Å²) in [6, 6.07) is 1.59. The van der Waals surface area contributed by atoms with Crippen LogP contribution in [0.5, 0.6) is 0 Å². The summed E-state index contributed by atoms with van der Waals surface area (Å²) in [4.78, 5) is 22.3. The van der Waals surface area contributed by atoms with Gasteiger partial charge in [-0.15, -0.1) is 0 Å². The van der Waals surface area contributed by atoms with Crippen LogP contribution >= 0.6 is 0 Å². The van der Waals surface area contributed by atoms with E-state index in [0.717, 1.165) is 0 Å². The molecule has 0 unspecified atom stereocenters. The van der Waals surface area contributed by atoms with Gasteiger partial charge in [-0.25, -0.2) is 0 Å². The van der Waals surface area contributed by atoms with Crippen molar-refractivity contribution in [1.29, 1.82) is 0 Å². The van der Waals surface area contributed by atoms with E-state index in [1.54, 1.807) is 19.9 Å². The Morgan fingerprint density at radius 3 is 2.60 bits per heavy atom. The Hall–Kier alpha value is -1.58. The number of ether oxygens (including phenoxy) is 1. The second-order valence-electron chi connectivity index (χ2n) is 3.22. The predicted octanol–water partition coefficient (Wildman–Crippen LogP) is 1.90. The van der Waals surface area contributed by atoms with Crippen LogP contribution in [0, 0.1) is 6.92 Å². The van der Waals surface area contributed by atoms with Gasteiger partial charge in [-0.1, -0.05) is 0 Å². The van der Waals surface area contributed by atoms with E-state index in [1.165, 1.54) is 6.92 Å². The number of carbonyl (C=O) groups excluding carboxylic acids is 2. The summed E-state index contributed by atoms with van der Waals surface area (Å²) in [7, 11) is 0. The monoisotopic (exact) mass is 210 g/mol. The van der Waals surface area contributed by atoms with Crippen LogP contribution in [0.15, 0.2) is 10.5 Å². The van der Waals surface area contributed by atoms with Gasteiger partial charge in [-0.2, -0.15) is 0 Å². The molecule has 0 aliphatic carbocycles. The molecule has 0 atom stereocenters. The fourth-order valence-corrected chi connectivity index (χ4v) is 1.33. The highest BCUT2D eigenvalue weighted by Gasteiger charge is 2.14. The normalized spacial score (nSPS) is 10.1. The molecule has 0 aliphatic rings. The topological polar surface area (TPSA) is 56.5 Å². The summed E-state index contributed by atoms with van der Waals surface area (Å²) >= 11 is 0. The van der Waals surface area contributed by atoms with Gasteiger partial charge in [-0.05, 0) is 26.8 Å². The molecule has 15 heavy (non-hydrogen) atoms. The first-order valence-electron chi connectivity index (χ1n) is 4.80. The third-order valence-corrected chi connectivity index (χ3v) is 1.97. The van der Waals surface area contributed by atoms with Gasteiger partial charge in [0.15, 0.2) is 5.78 Å². The zero-order valence-corrected chi connectivity index (χ0v) is 9.12. The second kappa shape index (κ2) is 4.77. The standard InChI is InChI=1S/C11H14O4/c1-4-14-11(13)6-9-5-10(7(2)12)8(3)15-9/h5H,4,6H2,1-3H3. The Morgan fingerprint density at radius 1 is 1.47 bits per heavy atom. The van der Waals surface area contributed by atoms with Crippen molar-refractivity contribution in [3.63, 3.8) is 0 Å². The molecule has 82 valence electrons. The molecule has 0 spiro atoms. The maximum Gasteiger partial charge on any atom is 0.313 e. The van der Waals surface area contributed by atoms with E-state index >= 15 is 0 Å². The lowest BCUT2D eigenvalue weighted by Crippen LogP contribution is -2.06. The van der Waals surface area contributed by atoms with Crippen LogP contribution in [0.4, 0.5) is 0 Å². The van der Waals surface area contributed by atoms with Gasteiger partial charge < -0.3 is 9.15 Å². The number of rotatable bonds is 4. The molecular weight excluding hydrogens is 196 g/mol. The van der Waals surface area contributed by atoms with Crippen LogP contribution in [0.25, 0.3) is 0 Å². The lowest BCUT2D eigenvalue weighted by atomic mass is 10.2. The largest absolute Gasteiger partial charge is 0.466 e. The van der Waals surface area contributed by atoms with E-state index in [1.807, 2.05) is 0 Å². The first-order valence-corrected chi connectivity index (χ1v) is 4.80. The minimum Gasteiger partial charge on any atom is -0.466 e. The lowest BCUT2D eigenvalue weighted by molar-refractivity contribution is -0.142. The molecule has 1 heterocycles. The zero-order chi connectivity index (χ0) is 11.4. The van der Waals surface area contributed by atoms with Gasteiger partial charge >= 0.3 is 5.97 Å². The summed E-state index contributed by atoms with van der Waals surface area (Å²) in [5, 5.41) is 0. The molecule has 0 amide bonds. The molecule has 4 heteroatoms. The van der Waals surface area contributed by atoms with Gasteiger partial charge in [-0.3, -0.25) is 9.59 Å². The third kappa shape index (κ3) is 2.94. The van der Waals surface area contributed by atoms with Crippen molar-refractivity contribution in [3.05, 3.63) is 23.2 Å². The van der Waals surface area contributed by atoms with Crippen LogP contribution in [-0.2, 0) is 16.0 Å². The van der Waals surface area contributed by atoms with Gasteiger partial charge in [0.1, 0.15) is 17.9 Å². The summed E-state index contributed by atoms with van der Waals surface area (Å²) in [6.07, 6.45) is 0.0714. The smallest absolute Gasteiger partial charge is 0.313 e. The minimum absolute atomic E-state index is 0.0636. The molecule has 0 radical (unpaired) electrons. The molecule has 0 saturated heterocycles. The van der Waals surface area contributed by atoms with Crippen molar-refractivity contribution < 1.29 is 18.7 Å². The van der Waals surface area contributed by atoms with E-state index in [-0.39, 0.29) is 18.2 Å². The van der Waals surface area contributed by atoms with Crippen molar-refractivity contribution in [3.8, 4) is 0 Å². The average Bonchev–Trinajstić information content (AvgIpc) is 2.47. The third-order valence-electron chi connectivity index (χ3n) is 1.97. The lowest BCUT2D eigenvalue weighted by Gasteiger charge is -1.97. The first kappa shape index (κ1) is 11.5. The minimum atomic E-state index is -0.346. The number of ketones is 1. The van der Waals surface area contributed by atoms with E-state index < -0.39 is 0 Å². The quantitative estimate of drug-likeness (QED) is 0.562. The van der Waals surface area contributed by atoms with Crippen molar-refractivity contribution in [1.82, 2.24) is 0 Å². The van der Waals surface area contributed by atoms with E-state index in [2.05, 4.69) is 0 Å². The number of Topliss-reactive ketones (excluding diaryl/α,β-unsaturated/α-hetero) is 1. The fourth-order valence-electron chi connectivity index (χ4n) is 1.33. The van der Waals surface area contributed by atoms with Crippen LogP contribution in [0.1, 0.15) is 35.7 Å². The summed E-state index contributed by atoms with van der Waals surface area (Å²) in [5.74, 6) is 0.602. The van der Waals surface area contributed by atoms with E-state index in [4.69, 9.17) is 9.15 Å². The molecule has 0 N–H and O–H groups in total. The number of esters is 1. The molecule has 0 bridgehead atoms. The van der Waals surface area contributed by atoms with Crippen molar-refractivity contribution >= 4 is 11.8 Å². The van der Waals surface area contributed by atoms with Crippen molar-refractivity contribution in [2.75, 3.05) is 6.61 Å². The van der Waals surface area contributed by atoms with Gasteiger partial charge in [0.2, 0.25) is 0 Å². The molecule has 0 fully saturated rings. The maximum absolute atomic E-state index is 11.1. The van der Waals surface area contributed by atoms with Crippen LogP contribution in [-0.4, -0.2) is 18.4 Å². The SMILES string of the molecule is CCOC(=O)Cc1cc(C(C)=O)c(C)o1. The molecule has 0 aliphatic heterocycles. The highest BCUT2D eigenvalue weighted by molar-refractivity contribution is 5.95. The molecule has 0 saturated carbocycles. The summed E-state index contributed by atoms with van der Waals surface area (Å²) in [6.45, 7) is 5.25. The number of hydrogen-bond acceptors (Lipinski definition) is 4. The molecule has 0 aromatic carbocycles. The Balaban J connectivity index is 2.75. The number of carbonyl (C=O) groups is 2. The second-order valence-corrected chi connectivity index (χ2v) is 3.22. The maximum atomic E-state index is 11.1. The van der Waals surface area contributed by atoms with E-state index in [9.17, 15) is 9.59 Å². The average molecular weight is 210 g/mol. The Labute approximate surface area is 88.2 Å². The molecule has 1 rings (SSSR count). The van der Waals surface area contributed by atoms with Crippen LogP contribution in [0.2, 0.25) is 0 Å². The van der Waals surface area contributed by atoms with E-state index in [0.29, 0.717) is 23.7 Å².